The Bertz CT molecular complexity index is 503. The van der Waals surface area contributed by atoms with Crippen LogP contribution in [0.25, 0.3) is 0 Å². The van der Waals surface area contributed by atoms with Crippen molar-refractivity contribution in [3.63, 3.8) is 0 Å². The number of nitrogens with one attached hydrogen (secondary N) is 2. The molecule has 0 aromatic rings. The highest BCUT2D eigenvalue weighted by molar-refractivity contribution is 5.92. The first-order valence-electron chi connectivity index (χ1n) is 10.8. The van der Waals surface area contributed by atoms with Crippen molar-refractivity contribution >= 4 is 30.2 Å². The lowest BCUT2D eigenvalue weighted by atomic mass is 10.0. The molecule has 0 rings (SSSR count). The lowest BCUT2D eigenvalue weighted by Crippen LogP contribution is -2.56. The molecule has 0 saturated carbocycles. The average molecular weight is 452 g/mol. The fraction of sp³-hybridized carbons (Fsp3) is 0.857. The number of carbonyl (C=O) groups is 3. The van der Waals surface area contributed by atoms with Gasteiger partial charge in [-0.1, -0.05) is 59.3 Å². The van der Waals surface area contributed by atoms with Crippen LogP contribution in [0.5, 0.6) is 0 Å². The predicted octanol–water partition coefficient (Wildman–Crippen LogP) is 2.06. The molecule has 9 heteroatoms. The number of methoxy groups -OCH3 is 1. The summed E-state index contributed by atoms with van der Waals surface area (Å²) in [4.78, 5) is 37.1. The van der Waals surface area contributed by atoms with Gasteiger partial charge in [0.15, 0.2) is 0 Å². The minimum absolute atomic E-state index is 0. The highest BCUT2D eigenvalue weighted by atomic mass is 35.5. The summed E-state index contributed by atoms with van der Waals surface area (Å²) in [6.45, 7) is 7.42. The number of hydrogen-bond acceptors (Lipinski definition) is 6. The molecule has 0 spiro atoms. The molecule has 0 heterocycles. The van der Waals surface area contributed by atoms with E-state index in [4.69, 9.17) is 10.5 Å². The van der Waals surface area contributed by atoms with Crippen LogP contribution in [0, 0.1) is 5.92 Å². The molecule has 0 aromatic heterocycles. The molecule has 0 unspecified atom stereocenters. The van der Waals surface area contributed by atoms with Gasteiger partial charge in [0, 0.05) is 0 Å². The number of rotatable bonds is 15. The first kappa shape index (κ1) is 30.8. The van der Waals surface area contributed by atoms with Crippen molar-refractivity contribution in [3.8, 4) is 0 Å². The molecule has 0 aliphatic rings. The average Bonchev–Trinajstić information content (AvgIpc) is 2.67. The first-order valence-corrected chi connectivity index (χ1v) is 10.8. The summed E-state index contributed by atoms with van der Waals surface area (Å²) in [5, 5.41) is 14.8. The summed E-state index contributed by atoms with van der Waals surface area (Å²) in [5.74, 6) is -1.43. The Hall–Kier alpha value is -1.38. The third-order valence-electron chi connectivity index (χ3n) is 4.81. The van der Waals surface area contributed by atoms with E-state index in [-0.39, 0.29) is 18.3 Å². The van der Waals surface area contributed by atoms with Gasteiger partial charge in [0.05, 0.1) is 13.2 Å². The molecule has 4 atom stereocenters. The third-order valence-corrected chi connectivity index (χ3v) is 4.81. The van der Waals surface area contributed by atoms with E-state index in [1.54, 1.807) is 0 Å². The number of aliphatic hydroxyl groups is 1. The van der Waals surface area contributed by atoms with Crippen LogP contribution in [-0.4, -0.2) is 54.2 Å². The van der Waals surface area contributed by atoms with Gasteiger partial charge < -0.3 is 26.2 Å². The van der Waals surface area contributed by atoms with Gasteiger partial charge in [0.2, 0.25) is 11.8 Å². The maximum Gasteiger partial charge on any atom is 0.328 e. The Morgan fingerprint density at radius 3 is 1.97 bits per heavy atom. The highest BCUT2D eigenvalue weighted by Gasteiger charge is 2.29. The van der Waals surface area contributed by atoms with Crippen LogP contribution in [0.15, 0.2) is 0 Å². The normalized spacial score (nSPS) is 14.8. The van der Waals surface area contributed by atoms with Crippen LogP contribution in [0.3, 0.4) is 0 Å². The van der Waals surface area contributed by atoms with Gasteiger partial charge in [-0.3, -0.25) is 9.59 Å². The number of esters is 1. The van der Waals surface area contributed by atoms with Gasteiger partial charge >= 0.3 is 5.97 Å². The minimum Gasteiger partial charge on any atom is -0.467 e. The summed E-state index contributed by atoms with van der Waals surface area (Å²) in [7, 11) is 1.29. The number of amides is 2. The maximum absolute atomic E-state index is 12.8. The smallest absolute Gasteiger partial charge is 0.328 e. The van der Waals surface area contributed by atoms with Crippen molar-refractivity contribution in [3.05, 3.63) is 0 Å². The van der Waals surface area contributed by atoms with Gasteiger partial charge in [-0.25, -0.2) is 4.79 Å². The zero-order valence-corrected chi connectivity index (χ0v) is 19.9. The van der Waals surface area contributed by atoms with Crippen molar-refractivity contribution in [1.82, 2.24) is 10.6 Å². The van der Waals surface area contributed by atoms with E-state index in [1.807, 2.05) is 13.8 Å². The molecule has 0 aliphatic carbocycles. The van der Waals surface area contributed by atoms with Gasteiger partial charge in [-0.15, -0.1) is 12.4 Å². The van der Waals surface area contributed by atoms with Crippen molar-refractivity contribution in [2.24, 2.45) is 11.7 Å². The lowest BCUT2D eigenvalue weighted by Gasteiger charge is -2.25. The van der Waals surface area contributed by atoms with Crippen molar-refractivity contribution in [2.45, 2.75) is 103 Å². The Morgan fingerprint density at radius 2 is 1.47 bits per heavy atom. The fourth-order valence-corrected chi connectivity index (χ4v) is 2.98. The molecule has 0 fully saturated rings. The van der Waals surface area contributed by atoms with Crippen LogP contribution in [0.4, 0.5) is 0 Å². The zero-order chi connectivity index (χ0) is 22.4. The Balaban J connectivity index is 0. The zero-order valence-electron chi connectivity index (χ0n) is 19.1. The van der Waals surface area contributed by atoms with E-state index < -0.39 is 42.0 Å². The van der Waals surface area contributed by atoms with Crippen LogP contribution in [-0.2, 0) is 19.1 Å². The molecule has 0 bridgehead atoms. The minimum atomic E-state index is -1.13. The molecule has 2 amide bonds. The van der Waals surface area contributed by atoms with Crippen molar-refractivity contribution in [2.75, 3.05) is 7.11 Å². The third kappa shape index (κ3) is 13.0. The van der Waals surface area contributed by atoms with Crippen molar-refractivity contribution in [1.29, 1.82) is 0 Å². The van der Waals surface area contributed by atoms with Gasteiger partial charge in [-0.05, 0) is 25.7 Å². The first-order chi connectivity index (χ1) is 13.6. The highest BCUT2D eigenvalue weighted by Crippen LogP contribution is 2.11. The van der Waals surface area contributed by atoms with E-state index in [9.17, 15) is 19.5 Å². The number of unbranched alkanes of at least 4 members (excludes halogenated alkanes) is 5. The fourth-order valence-electron chi connectivity index (χ4n) is 2.98. The number of carbonyl (C=O) groups excluding carboxylic acids is 3. The second-order valence-corrected chi connectivity index (χ2v) is 8.10. The second kappa shape index (κ2) is 17.3. The molecule has 0 saturated heterocycles. The number of aliphatic hydroxyl groups excluding tert-OH is 1. The van der Waals surface area contributed by atoms with Crippen LogP contribution >= 0.6 is 12.4 Å². The van der Waals surface area contributed by atoms with Crippen molar-refractivity contribution < 1.29 is 24.2 Å². The molecule has 30 heavy (non-hydrogen) atoms. The van der Waals surface area contributed by atoms with E-state index in [2.05, 4.69) is 17.6 Å². The SMILES string of the molecule is CCCCCCCC[C@@H](NC(=O)[C@@H](CC(C)C)NC(=O)[C@@H](N)[C@@H](C)O)C(=O)OC.Cl. The summed E-state index contributed by atoms with van der Waals surface area (Å²) in [5.41, 5.74) is 5.66. The molecule has 0 radical (unpaired) electrons. The number of ether oxygens (including phenoxy) is 1. The standard InChI is InChI=1S/C21H41N3O5.ClH/c1-6-7-8-9-10-11-12-16(21(28)29-5)23-19(26)17(13-14(2)3)24-20(27)18(22)15(4)25;/h14-18,25H,6-13,22H2,1-5H3,(H,23,26)(H,24,27);1H/t15-,16-,17-,18+;/m1./s1. The monoisotopic (exact) mass is 451 g/mol. The Labute approximate surface area is 187 Å². The topological polar surface area (TPSA) is 131 Å². The molecule has 0 aliphatic heterocycles. The Morgan fingerprint density at radius 1 is 0.933 bits per heavy atom. The molecular formula is C21H42ClN3O5. The van der Waals surface area contributed by atoms with Gasteiger partial charge in [0.25, 0.3) is 0 Å². The van der Waals surface area contributed by atoms with E-state index in [0.29, 0.717) is 12.8 Å². The van der Waals surface area contributed by atoms with Gasteiger partial charge in [0.1, 0.15) is 18.1 Å². The maximum atomic E-state index is 12.8. The summed E-state index contributed by atoms with van der Waals surface area (Å²) in [6.07, 6.45) is 6.25. The largest absolute Gasteiger partial charge is 0.467 e. The van der Waals surface area contributed by atoms with Crippen LogP contribution < -0.4 is 16.4 Å². The van der Waals surface area contributed by atoms with Gasteiger partial charge in [-0.2, -0.15) is 0 Å². The molecule has 8 nitrogen and oxygen atoms in total. The quantitative estimate of drug-likeness (QED) is 0.222. The van der Waals surface area contributed by atoms with Crippen LogP contribution in [0.1, 0.15) is 79.1 Å². The second-order valence-electron chi connectivity index (χ2n) is 8.10. The molecule has 0 aromatic carbocycles. The molecule has 5 N–H and O–H groups in total. The molecule has 178 valence electrons. The van der Waals surface area contributed by atoms with E-state index in [1.165, 1.54) is 26.9 Å². The summed E-state index contributed by atoms with van der Waals surface area (Å²) >= 11 is 0. The Kier molecular flexibility index (Phi) is 17.8. The lowest BCUT2D eigenvalue weighted by molar-refractivity contribution is -0.145. The van der Waals surface area contributed by atoms with E-state index >= 15 is 0 Å². The van der Waals surface area contributed by atoms with Crippen LogP contribution in [0.2, 0.25) is 0 Å². The predicted molar refractivity (Wildman–Crippen MR) is 120 cm³/mol. The molecular weight excluding hydrogens is 410 g/mol. The summed E-state index contributed by atoms with van der Waals surface area (Å²) in [6, 6.07) is -2.73. The van der Waals surface area contributed by atoms with E-state index in [0.717, 1.165) is 25.7 Å². The number of nitrogens with two attached hydrogens (primary N) is 1. The summed E-state index contributed by atoms with van der Waals surface area (Å²) < 4.78 is 4.83. The number of hydrogen-bond donors (Lipinski definition) is 4. The number of halogens is 1.